The Bertz CT molecular complexity index is 3470. The van der Waals surface area contributed by atoms with Crippen LogP contribution in [-0.2, 0) is 6.42 Å². The van der Waals surface area contributed by atoms with Gasteiger partial charge in [0.25, 0.3) is 0 Å². The van der Waals surface area contributed by atoms with Crippen molar-refractivity contribution in [3.8, 4) is 44.5 Å². The van der Waals surface area contributed by atoms with Crippen molar-refractivity contribution in [1.82, 2.24) is 14.9 Å². The van der Waals surface area contributed by atoms with Crippen molar-refractivity contribution < 1.29 is 0 Å². The fraction of sp³-hybridized carbons (Fsp3) is 0.0678. The number of hydrogen-bond acceptors (Lipinski definition) is 5. The second-order valence-electron chi connectivity index (χ2n) is 16.9. The molecule has 2 N–H and O–H groups in total. The summed E-state index contributed by atoms with van der Waals surface area (Å²) < 4.78 is 0. The van der Waals surface area contributed by atoms with E-state index in [-0.39, 0.29) is 6.17 Å². The van der Waals surface area contributed by atoms with Gasteiger partial charge in [0.05, 0.1) is 0 Å². The Morgan fingerprint density at radius 1 is 0.484 bits per heavy atom. The van der Waals surface area contributed by atoms with Crippen LogP contribution < -0.4 is 5.73 Å². The third-order valence-electron chi connectivity index (χ3n) is 13.1. The van der Waals surface area contributed by atoms with E-state index in [1.807, 2.05) is 24.8 Å². The summed E-state index contributed by atoms with van der Waals surface area (Å²) in [6.45, 7) is 0. The number of allylic oxidation sites excluding steroid dienone is 1. The Labute approximate surface area is 372 Å². The van der Waals surface area contributed by atoms with E-state index in [4.69, 9.17) is 10.7 Å². The van der Waals surface area contributed by atoms with E-state index in [1.165, 1.54) is 49.2 Å². The number of aliphatic imine (C=N–C) groups is 1. The summed E-state index contributed by atoms with van der Waals surface area (Å²) in [6, 6.07) is 63.2. The van der Waals surface area contributed by atoms with Gasteiger partial charge in [0.15, 0.2) is 6.17 Å². The van der Waals surface area contributed by atoms with E-state index in [0.717, 1.165) is 74.1 Å². The second-order valence-corrected chi connectivity index (χ2v) is 16.9. The smallest absolute Gasteiger partial charge is 0.152 e. The van der Waals surface area contributed by atoms with Gasteiger partial charge in [-0.25, -0.2) is 4.99 Å². The Morgan fingerprint density at radius 3 is 1.80 bits per heavy atom. The van der Waals surface area contributed by atoms with Crippen LogP contribution in [0.5, 0.6) is 0 Å². The number of hydrogen-bond donors (Lipinski definition) is 1. The molecule has 0 bridgehead atoms. The molecule has 2 aromatic heterocycles. The standard InChI is InChI=1S/C59H43N5/c60-57(64-58(46-27-21-38-9-1-3-11-44(38)29-46)63-59(64)47-28-22-39-10-2-4-12-45(39)30-47)52-32-50(40-17-23-42(24-18-40)55-36-61-34-48-13-5-7-15-53(48)55)31-51(33-52)41-19-25-43(26-20-41)56-37-62-35-49-14-6-8-16-54(49)56/h1-7,9-15,17-37,57-58H,8,16,60H2. The van der Waals surface area contributed by atoms with Crippen LogP contribution in [0.4, 0.5) is 0 Å². The van der Waals surface area contributed by atoms with Gasteiger partial charge in [0.1, 0.15) is 12.0 Å². The van der Waals surface area contributed by atoms with E-state index in [2.05, 4.69) is 203 Å². The summed E-state index contributed by atoms with van der Waals surface area (Å²) in [6.07, 6.45) is 13.6. The molecule has 10 aromatic rings. The lowest BCUT2D eigenvalue weighted by atomic mass is 9.90. The first-order valence-electron chi connectivity index (χ1n) is 22.0. The summed E-state index contributed by atoms with van der Waals surface area (Å²) in [5.41, 5.74) is 22.4. The minimum Gasteiger partial charge on any atom is -0.310 e. The van der Waals surface area contributed by atoms with Gasteiger partial charge in [-0.2, -0.15) is 0 Å². The number of rotatable bonds is 8. The average Bonchev–Trinajstić information content (AvgIpc) is 3.35. The van der Waals surface area contributed by atoms with Crippen LogP contribution >= 0.6 is 0 Å². The molecule has 0 radical (unpaired) electrons. The van der Waals surface area contributed by atoms with Crippen LogP contribution in [0.1, 0.15) is 46.6 Å². The molecule has 3 heterocycles. The van der Waals surface area contributed by atoms with Gasteiger partial charge in [-0.05, 0) is 126 Å². The minimum absolute atomic E-state index is 0.263. The van der Waals surface area contributed by atoms with E-state index in [9.17, 15) is 0 Å². The summed E-state index contributed by atoms with van der Waals surface area (Å²) in [5, 5.41) is 7.06. The molecule has 0 spiro atoms. The van der Waals surface area contributed by atoms with Crippen molar-refractivity contribution in [3.63, 3.8) is 0 Å². The molecule has 1 aliphatic carbocycles. The van der Waals surface area contributed by atoms with Gasteiger partial charge in [-0.1, -0.05) is 158 Å². The summed E-state index contributed by atoms with van der Waals surface area (Å²) in [5.74, 6) is 0.885. The third-order valence-corrected chi connectivity index (χ3v) is 13.1. The zero-order valence-corrected chi connectivity index (χ0v) is 35.1. The maximum absolute atomic E-state index is 7.62. The minimum atomic E-state index is -0.510. The Kier molecular flexibility index (Phi) is 9.28. The molecule has 5 nitrogen and oxygen atoms in total. The van der Waals surface area contributed by atoms with Crippen LogP contribution in [-0.4, -0.2) is 20.7 Å². The van der Waals surface area contributed by atoms with Gasteiger partial charge < -0.3 is 10.6 Å². The van der Waals surface area contributed by atoms with E-state index in [1.54, 1.807) is 0 Å². The molecule has 2 aliphatic rings. The third kappa shape index (κ3) is 6.74. The number of fused-ring (bicyclic) bond motifs is 4. The van der Waals surface area contributed by atoms with Gasteiger partial charge in [-0.15, -0.1) is 0 Å². The van der Waals surface area contributed by atoms with Crippen LogP contribution in [0.15, 0.2) is 212 Å². The summed E-state index contributed by atoms with van der Waals surface area (Å²) >= 11 is 0. The van der Waals surface area contributed by atoms with Crippen LogP contribution in [0.25, 0.3) is 82.9 Å². The molecule has 2 atom stereocenters. The average molecular weight is 822 g/mol. The zero-order chi connectivity index (χ0) is 42.6. The van der Waals surface area contributed by atoms with Crippen LogP contribution in [0, 0.1) is 0 Å². The fourth-order valence-corrected chi connectivity index (χ4v) is 9.70. The van der Waals surface area contributed by atoms with E-state index >= 15 is 0 Å². The lowest BCUT2D eigenvalue weighted by Crippen LogP contribution is -2.48. The van der Waals surface area contributed by atoms with Gasteiger partial charge >= 0.3 is 0 Å². The largest absolute Gasteiger partial charge is 0.310 e. The summed E-state index contributed by atoms with van der Waals surface area (Å²) in [4.78, 5) is 16.8. The molecule has 0 saturated heterocycles. The SMILES string of the molecule is NC(c1cc(-c2ccc(-c3cncc4c3CCC=C4)cc2)cc(-c2ccc(-c3cncc4ccccc34)cc2)c1)N1C(c2ccc3ccccc3c2)=NC1c1ccc2ccccc2c1. The first-order chi connectivity index (χ1) is 31.6. The lowest BCUT2D eigenvalue weighted by Gasteiger charge is -2.44. The summed E-state index contributed by atoms with van der Waals surface area (Å²) in [7, 11) is 0. The predicted molar refractivity (Wildman–Crippen MR) is 265 cm³/mol. The zero-order valence-electron chi connectivity index (χ0n) is 35.1. The highest BCUT2D eigenvalue weighted by Crippen LogP contribution is 2.42. The second kappa shape index (κ2) is 15.7. The number of aromatic nitrogens is 2. The number of benzene rings is 8. The topological polar surface area (TPSA) is 67.4 Å². The van der Waals surface area contributed by atoms with E-state index < -0.39 is 6.17 Å². The quantitative estimate of drug-likeness (QED) is 0.166. The molecule has 304 valence electrons. The van der Waals surface area contributed by atoms with Crippen LogP contribution in [0.2, 0.25) is 0 Å². The molecule has 0 saturated carbocycles. The van der Waals surface area contributed by atoms with Crippen molar-refractivity contribution in [2.24, 2.45) is 10.7 Å². The number of nitrogens with two attached hydrogens (primary N) is 1. The number of nitrogens with zero attached hydrogens (tertiary/aromatic N) is 4. The Morgan fingerprint density at radius 2 is 1.06 bits per heavy atom. The molecule has 0 fully saturated rings. The lowest BCUT2D eigenvalue weighted by molar-refractivity contribution is 0.208. The first-order valence-corrected chi connectivity index (χ1v) is 22.0. The maximum Gasteiger partial charge on any atom is 0.152 e. The Balaban J connectivity index is 0.972. The monoisotopic (exact) mass is 821 g/mol. The highest BCUT2D eigenvalue weighted by molar-refractivity contribution is 6.05. The molecule has 1 aliphatic heterocycles. The van der Waals surface area contributed by atoms with Crippen molar-refractivity contribution in [3.05, 3.63) is 235 Å². The maximum atomic E-state index is 7.62. The fourth-order valence-electron chi connectivity index (χ4n) is 9.70. The normalized spacial score (nSPS) is 14.9. The highest BCUT2D eigenvalue weighted by Gasteiger charge is 2.38. The number of amidine groups is 1. The molecule has 64 heavy (non-hydrogen) atoms. The molecular formula is C59H43N5. The molecule has 0 amide bonds. The van der Waals surface area contributed by atoms with Crippen molar-refractivity contribution in [2.45, 2.75) is 25.2 Å². The van der Waals surface area contributed by atoms with E-state index in [0.29, 0.717) is 0 Å². The van der Waals surface area contributed by atoms with Gasteiger partial charge in [0, 0.05) is 46.9 Å². The predicted octanol–water partition coefficient (Wildman–Crippen LogP) is 14.0. The van der Waals surface area contributed by atoms with Crippen molar-refractivity contribution in [2.75, 3.05) is 0 Å². The molecule has 8 aromatic carbocycles. The number of pyridine rings is 2. The highest BCUT2D eigenvalue weighted by atomic mass is 15.4. The van der Waals surface area contributed by atoms with Crippen molar-refractivity contribution >= 4 is 44.2 Å². The molecule has 2 unspecified atom stereocenters. The van der Waals surface area contributed by atoms with Crippen molar-refractivity contribution in [1.29, 1.82) is 0 Å². The molecule has 12 rings (SSSR count). The molecule has 5 heteroatoms. The van der Waals surface area contributed by atoms with Gasteiger partial charge in [-0.3, -0.25) is 9.97 Å². The van der Waals surface area contributed by atoms with Gasteiger partial charge in [0.2, 0.25) is 0 Å². The first kappa shape index (κ1) is 37.7. The Hall–Kier alpha value is -7.99. The van der Waals surface area contributed by atoms with Crippen LogP contribution in [0.3, 0.4) is 0 Å². The molecular weight excluding hydrogens is 779 g/mol.